The average Bonchev–Trinajstić information content (AvgIpc) is 2.59. The molecule has 5 heteroatoms. The topological polar surface area (TPSA) is 55.6 Å². The van der Waals surface area contributed by atoms with E-state index in [0.29, 0.717) is 17.0 Å². The lowest BCUT2D eigenvalue weighted by Crippen LogP contribution is -2.44. The molecule has 1 aliphatic rings. The Labute approximate surface area is 141 Å². The van der Waals surface area contributed by atoms with Gasteiger partial charge >= 0.3 is 0 Å². The Morgan fingerprint density at radius 3 is 2.75 bits per heavy atom. The predicted molar refractivity (Wildman–Crippen MR) is 91.3 cm³/mol. The van der Waals surface area contributed by atoms with Crippen molar-refractivity contribution in [3.8, 4) is 5.75 Å². The number of rotatable bonds is 4. The Morgan fingerprint density at radius 2 is 2.04 bits per heavy atom. The number of ether oxygens (including phenoxy) is 1. The van der Waals surface area contributed by atoms with Crippen molar-refractivity contribution in [2.45, 2.75) is 39.0 Å². The number of fused-ring (bicyclic) bond motifs is 1. The normalized spacial score (nSPS) is 18.1. The first-order valence-electron chi connectivity index (χ1n) is 8.12. The molecule has 4 nitrogen and oxygen atoms in total. The van der Waals surface area contributed by atoms with Crippen LogP contribution in [0.25, 0.3) is 0 Å². The fraction of sp³-hybridized carbons (Fsp3) is 0.316. The average molecular weight is 328 g/mol. The van der Waals surface area contributed by atoms with Gasteiger partial charge in [-0.15, -0.1) is 0 Å². The zero-order chi connectivity index (χ0) is 17.3. The molecule has 1 aliphatic heterocycles. The van der Waals surface area contributed by atoms with Crippen molar-refractivity contribution in [2.75, 3.05) is 4.90 Å². The van der Waals surface area contributed by atoms with Gasteiger partial charge in [-0.3, -0.25) is 4.79 Å². The van der Waals surface area contributed by atoms with Gasteiger partial charge in [0, 0.05) is 11.6 Å². The zero-order valence-electron chi connectivity index (χ0n) is 13.8. The molecule has 0 radical (unpaired) electrons. The highest BCUT2D eigenvalue weighted by Gasteiger charge is 2.32. The highest BCUT2D eigenvalue weighted by atomic mass is 19.1. The lowest BCUT2D eigenvalue weighted by atomic mass is 10.0. The molecule has 0 saturated heterocycles. The van der Waals surface area contributed by atoms with E-state index < -0.39 is 6.10 Å². The molecule has 0 aromatic heterocycles. The zero-order valence-corrected chi connectivity index (χ0v) is 13.8. The highest BCUT2D eigenvalue weighted by molar-refractivity contribution is 5.99. The van der Waals surface area contributed by atoms with Crippen molar-refractivity contribution in [3.05, 3.63) is 59.4 Å². The Balaban J connectivity index is 2.02. The Hall–Kier alpha value is -2.40. The van der Waals surface area contributed by atoms with E-state index in [2.05, 4.69) is 0 Å². The number of anilines is 1. The Morgan fingerprint density at radius 1 is 1.29 bits per heavy atom. The van der Waals surface area contributed by atoms with Crippen LogP contribution in [0, 0.1) is 5.82 Å². The quantitative estimate of drug-likeness (QED) is 0.934. The SMILES string of the molecule is CCC(N)c1ccc2c(c1)N(Cc1ccccc1F)C(=O)C(C)O2. The standard InChI is InChI=1S/C19H21FN2O2/c1-3-16(21)13-8-9-18-17(10-13)22(19(23)12(2)24-18)11-14-6-4-5-7-15(14)20/h4-10,12,16H,3,11,21H2,1-2H3. The van der Waals surface area contributed by atoms with E-state index in [4.69, 9.17) is 10.5 Å². The van der Waals surface area contributed by atoms with E-state index in [-0.39, 0.29) is 24.3 Å². The van der Waals surface area contributed by atoms with Crippen molar-refractivity contribution >= 4 is 11.6 Å². The molecule has 2 atom stereocenters. The monoisotopic (exact) mass is 328 g/mol. The number of halogens is 1. The molecule has 2 aromatic carbocycles. The summed E-state index contributed by atoms with van der Waals surface area (Å²) in [6.45, 7) is 3.87. The van der Waals surface area contributed by atoms with Crippen molar-refractivity contribution in [3.63, 3.8) is 0 Å². The lowest BCUT2D eigenvalue weighted by molar-refractivity contribution is -0.125. The molecule has 0 fully saturated rings. The van der Waals surface area contributed by atoms with Crippen LogP contribution in [0.3, 0.4) is 0 Å². The smallest absolute Gasteiger partial charge is 0.268 e. The maximum Gasteiger partial charge on any atom is 0.268 e. The maximum atomic E-state index is 14.0. The molecule has 126 valence electrons. The van der Waals surface area contributed by atoms with Crippen molar-refractivity contribution in [2.24, 2.45) is 5.73 Å². The van der Waals surface area contributed by atoms with Crippen LogP contribution in [0.2, 0.25) is 0 Å². The fourth-order valence-electron chi connectivity index (χ4n) is 2.85. The summed E-state index contributed by atoms with van der Waals surface area (Å²) in [5, 5.41) is 0. The lowest BCUT2D eigenvalue weighted by Gasteiger charge is -2.33. The number of hydrogen-bond donors (Lipinski definition) is 1. The molecule has 1 amide bonds. The second kappa shape index (κ2) is 6.61. The molecule has 3 rings (SSSR count). The number of amides is 1. The third-order valence-electron chi connectivity index (χ3n) is 4.35. The van der Waals surface area contributed by atoms with Gasteiger partial charge in [0.2, 0.25) is 0 Å². The van der Waals surface area contributed by atoms with Crippen molar-refractivity contribution in [1.29, 1.82) is 0 Å². The summed E-state index contributed by atoms with van der Waals surface area (Å²) in [5.41, 5.74) is 8.15. The molecular formula is C19H21FN2O2. The van der Waals surface area contributed by atoms with Gasteiger partial charge in [0.1, 0.15) is 11.6 Å². The van der Waals surface area contributed by atoms with Crippen LogP contribution in [-0.4, -0.2) is 12.0 Å². The molecular weight excluding hydrogens is 307 g/mol. The molecule has 1 heterocycles. The third-order valence-corrected chi connectivity index (χ3v) is 4.35. The van der Waals surface area contributed by atoms with Gasteiger partial charge in [0.15, 0.2) is 6.10 Å². The predicted octanol–water partition coefficient (Wildman–Crippen LogP) is 3.55. The van der Waals surface area contributed by atoms with Gasteiger partial charge in [-0.05, 0) is 37.1 Å². The van der Waals surface area contributed by atoms with Gasteiger partial charge in [0.25, 0.3) is 5.91 Å². The minimum Gasteiger partial charge on any atom is -0.479 e. The van der Waals surface area contributed by atoms with E-state index in [0.717, 1.165) is 12.0 Å². The second-order valence-corrected chi connectivity index (χ2v) is 6.02. The van der Waals surface area contributed by atoms with Crippen molar-refractivity contribution < 1.29 is 13.9 Å². The van der Waals surface area contributed by atoms with Gasteiger partial charge < -0.3 is 15.4 Å². The molecule has 2 unspecified atom stereocenters. The van der Waals surface area contributed by atoms with Crippen LogP contribution < -0.4 is 15.4 Å². The minimum absolute atomic E-state index is 0.111. The number of nitrogens with two attached hydrogens (primary N) is 1. The second-order valence-electron chi connectivity index (χ2n) is 6.02. The van der Waals surface area contributed by atoms with E-state index in [1.807, 2.05) is 25.1 Å². The van der Waals surface area contributed by atoms with Gasteiger partial charge in [0.05, 0.1) is 12.2 Å². The number of benzene rings is 2. The summed E-state index contributed by atoms with van der Waals surface area (Å²) < 4.78 is 19.7. The van der Waals surface area contributed by atoms with E-state index >= 15 is 0 Å². The summed E-state index contributed by atoms with van der Waals surface area (Å²) in [4.78, 5) is 14.2. The first-order valence-corrected chi connectivity index (χ1v) is 8.12. The summed E-state index contributed by atoms with van der Waals surface area (Å²) >= 11 is 0. The first kappa shape index (κ1) is 16.5. The fourth-order valence-corrected chi connectivity index (χ4v) is 2.85. The molecule has 2 N–H and O–H groups in total. The summed E-state index contributed by atoms with van der Waals surface area (Å²) in [6, 6.07) is 12.0. The van der Waals surface area contributed by atoms with Crippen LogP contribution in [-0.2, 0) is 11.3 Å². The van der Waals surface area contributed by atoms with Crippen LogP contribution in [0.15, 0.2) is 42.5 Å². The molecule has 0 saturated carbocycles. The van der Waals surface area contributed by atoms with E-state index in [1.165, 1.54) is 6.07 Å². The Bertz CT molecular complexity index is 763. The summed E-state index contributed by atoms with van der Waals surface area (Å²) in [7, 11) is 0. The molecule has 2 aromatic rings. The van der Waals surface area contributed by atoms with E-state index in [9.17, 15) is 9.18 Å². The largest absolute Gasteiger partial charge is 0.479 e. The van der Waals surface area contributed by atoms with Crippen LogP contribution >= 0.6 is 0 Å². The maximum absolute atomic E-state index is 14.0. The molecule has 24 heavy (non-hydrogen) atoms. The van der Waals surface area contributed by atoms with Crippen molar-refractivity contribution in [1.82, 2.24) is 0 Å². The first-order chi connectivity index (χ1) is 11.5. The molecule has 0 bridgehead atoms. The summed E-state index contributed by atoms with van der Waals surface area (Å²) in [5.74, 6) is 0.103. The Kier molecular flexibility index (Phi) is 4.53. The summed E-state index contributed by atoms with van der Waals surface area (Å²) in [6.07, 6.45) is 0.187. The minimum atomic E-state index is -0.602. The third kappa shape index (κ3) is 2.99. The van der Waals surface area contributed by atoms with E-state index in [1.54, 1.807) is 30.0 Å². The molecule has 0 spiro atoms. The van der Waals surface area contributed by atoms with Gasteiger partial charge in [-0.1, -0.05) is 31.2 Å². The van der Waals surface area contributed by atoms with Crippen LogP contribution in [0.4, 0.5) is 10.1 Å². The number of carbonyl (C=O) groups excluding carboxylic acids is 1. The number of hydrogen-bond acceptors (Lipinski definition) is 3. The van der Waals surface area contributed by atoms with Crippen LogP contribution in [0.5, 0.6) is 5.75 Å². The number of nitrogens with zero attached hydrogens (tertiary/aromatic N) is 1. The van der Waals surface area contributed by atoms with Gasteiger partial charge in [-0.2, -0.15) is 0 Å². The van der Waals surface area contributed by atoms with Crippen LogP contribution in [0.1, 0.15) is 37.4 Å². The van der Waals surface area contributed by atoms with Gasteiger partial charge in [-0.25, -0.2) is 4.39 Å². The number of carbonyl (C=O) groups is 1. The highest BCUT2D eigenvalue weighted by Crippen LogP contribution is 2.37. The molecule has 0 aliphatic carbocycles.